The van der Waals surface area contributed by atoms with Gasteiger partial charge in [-0.05, 0) is 54.4 Å². The van der Waals surface area contributed by atoms with Crippen LogP contribution in [0, 0.1) is 22.7 Å². The van der Waals surface area contributed by atoms with Crippen molar-refractivity contribution in [3.8, 4) is 0 Å². The third kappa shape index (κ3) is 2.00. The van der Waals surface area contributed by atoms with Crippen LogP contribution in [0.5, 0.6) is 0 Å². The second-order valence-corrected chi connectivity index (χ2v) is 6.87. The van der Waals surface area contributed by atoms with E-state index in [1.807, 2.05) is 7.11 Å². The maximum atomic E-state index is 9.47. The number of allylic oxidation sites excluding steroid dienone is 2. The van der Waals surface area contributed by atoms with E-state index in [1.165, 1.54) is 5.57 Å². The van der Waals surface area contributed by atoms with Crippen LogP contribution < -0.4 is 0 Å². The first kappa shape index (κ1) is 14.8. The van der Waals surface area contributed by atoms with Gasteiger partial charge in [-0.1, -0.05) is 26.0 Å². The summed E-state index contributed by atoms with van der Waals surface area (Å²) in [5.41, 5.74) is 1.56. The molecule has 0 aromatic rings. The average Bonchev–Trinajstić information content (AvgIpc) is 2.59. The second kappa shape index (κ2) is 5.06. The third-order valence-electron chi connectivity index (χ3n) is 6.06. The van der Waals surface area contributed by atoms with E-state index < -0.39 is 0 Å². The zero-order valence-corrected chi connectivity index (χ0v) is 12.8. The van der Waals surface area contributed by atoms with Crippen molar-refractivity contribution < 1.29 is 9.84 Å². The van der Waals surface area contributed by atoms with E-state index in [0.717, 1.165) is 19.3 Å². The molecule has 0 radical (unpaired) electrons. The summed E-state index contributed by atoms with van der Waals surface area (Å²) in [5, 5.41) is 9.47. The molecule has 0 saturated heterocycles. The average molecular weight is 264 g/mol. The van der Waals surface area contributed by atoms with Gasteiger partial charge in [-0.3, -0.25) is 0 Å². The molecular formula is C17H28O2. The molecule has 1 N–H and O–H groups in total. The minimum Gasteiger partial charge on any atom is -0.396 e. The van der Waals surface area contributed by atoms with Crippen molar-refractivity contribution in [1.29, 1.82) is 0 Å². The summed E-state index contributed by atoms with van der Waals surface area (Å²) in [5.74, 6) is 1.17. The molecule has 4 atom stereocenters. The first-order chi connectivity index (χ1) is 8.93. The molecule has 2 nitrogen and oxygen atoms in total. The van der Waals surface area contributed by atoms with Gasteiger partial charge in [-0.15, -0.1) is 6.58 Å². The molecule has 0 heterocycles. The molecule has 0 aromatic carbocycles. The maximum absolute atomic E-state index is 9.47. The van der Waals surface area contributed by atoms with Crippen LogP contribution >= 0.6 is 0 Å². The number of aliphatic hydroxyl groups excluding tert-OH is 1. The zero-order chi connectivity index (χ0) is 14.3. The van der Waals surface area contributed by atoms with Gasteiger partial charge in [0.15, 0.2) is 0 Å². The predicted octanol–water partition coefficient (Wildman–Crippen LogP) is 3.57. The van der Waals surface area contributed by atoms with E-state index in [2.05, 4.69) is 39.5 Å². The summed E-state index contributed by atoms with van der Waals surface area (Å²) in [4.78, 5) is 0. The van der Waals surface area contributed by atoms with E-state index in [0.29, 0.717) is 11.8 Å². The van der Waals surface area contributed by atoms with Crippen LogP contribution in [0.3, 0.4) is 0 Å². The fourth-order valence-corrected chi connectivity index (χ4v) is 4.72. The number of hydrogen-bond acceptors (Lipinski definition) is 2. The van der Waals surface area contributed by atoms with E-state index >= 15 is 0 Å². The lowest BCUT2D eigenvalue weighted by Gasteiger charge is -2.43. The Morgan fingerprint density at radius 3 is 2.74 bits per heavy atom. The number of methoxy groups -OCH3 is 1. The summed E-state index contributed by atoms with van der Waals surface area (Å²) >= 11 is 0. The number of fused-ring (bicyclic) bond motifs is 1. The van der Waals surface area contributed by atoms with Crippen LogP contribution in [0.25, 0.3) is 0 Å². The molecule has 19 heavy (non-hydrogen) atoms. The molecular weight excluding hydrogens is 236 g/mol. The lowest BCUT2D eigenvalue weighted by molar-refractivity contribution is 0.0357. The lowest BCUT2D eigenvalue weighted by Crippen LogP contribution is -2.38. The quantitative estimate of drug-likeness (QED) is 0.787. The Hall–Kier alpha value is -0.600. The largest absolute Gasteiger partial charge is 0.396 e. The predicted molar refractivity (Wildman–Crippen MR) is 78.9 cm³/mol. The van der Waals surface area contributed by atoms with E-state index in [4.69, 9.17) is 4.74 Å². The highest BCUT2D eigenvalue weighted by atomic mass is 16.5. The van der Waals surface area contributed by atoms with E-state index in [1.54, 1.807) is 0 Å². The smallest absolute Gasteiger partial charge is 0.0809 e. The molecule has 2 aliphatic carbocycles. The van der Waals surface area contributed by atoms with Gasteiger partial charge >= 0.3 is 0 Å². The van der Waals surface area contributed by atoms with E-state index in [-0.39, 0.29) is 23.5 Å². The van der Waals surface area contributed by atoms with Crippen molar-refractivity contribution in [2.75, 3.05) is 13.7 Å². The van der Waals surface area contributed by atoms with Crippen LogP contribution in [-0.2, 0) is 4.74 Å². The molecule has 108 valence electrons. The van der Waals surface area contributed by atoms with Crippen molar-refractivity contribution in [2.45, 2.75) is 46.1 Å². The maximum Gasteiger partial charge on any atom is 0.0809 e. The molecule has 0 aromatic heterocycles. The fraction of sp³-hybridized carbons (Fsp3) is 0.765. The molecule has 1 saturated carbocycles. The number of hydrogen-bond donors (Lipinski definition) is 1. The van der Waals surface area contributed by atoms with Gasteiger partial charge < -0.3 is 9.84 Å². The topological polar surface area (TPSA) is 29.5 Å². The standard InChI is InChI=1S/C17H28O2/c1-6-17(9-10-18)11-13-14(16(17,3)4)8-7-12(2)15(13)19-5/h6-7,13-15,18H,1,8-11H2,2-5H3/t13-,14+,15-,17+/m0/s1. The van der Waals surface area contributed by atoms with Crippen molar-refractivity contribution >= 4 is 0 Å². The van der Waals surface area contributed by atoms with Crippen molar-refractivity contribution in [1.82, 2.24) is 0 Å². The highest BCUT2D eigenvalue weighted by molar-refractivity contribution is 5.23. The fourth-order valence-electron chi connectivity index (χ4n) is 4.72. The Morgan fingerprint density at radius 1 is 1.53 bits per heavy atom. The van der Waals surface area contributed by atoms with Crippen LogP contribution in [0.1, 0.15) is 40.0 Å². The second-order valence-electron chi connectivity index (χ2n) is 6.87. The Labute approximate surface area is 117 Å². The molecule has 2 rings (SSSR count). The molecule has 0 aliphatic heterocycles. The Balaban J connectivity index is 2.39. The monoisotopic (exact) mass is 264 g/mol. The highest BCUT2D eigenvalue weighted by Gasteiger charge is 2.58. The molecule has 0 spiro atoms. The molecule has 0 bridgehead atoms. The molecule has 0 unspecified atom stereocenters. The minimum absolute atomic E-state index is 0.0341. The van der Waals surface area contributed by atoms with Crippen LogP contribution in [0.4, 0.5) is 0 Å². The summed E-state index contributed by atoms with van der Waals surface area (Å²) in [6, 6.07) is 0. The van der Waals surface area contributed by atoms with Crippen LogP contribution in [0.15, 0.2) is 24.3 Å². The molecule has 1 fully saturated rings. The van der Waals surface area contributed by atoms with Gasteiger partial charge in [0.05, 0.1) is 6.10 Å². The van der Waals surface area contributed by atoms with Gasteiger partial charge in [0.25, 0.3) is 0 Å². The van der Waals surface area contributed by atoms with Crippen molar-refractivity contribution in [3.63, 3.8) is 0 Å². The summed E-state index contributed by atoms with van der Waals surface area (Å²) in [7, 11) is 1.82. The van der Waals surface area contributed by atoms with Gasteiger partial charge in [0.1, 0.15) is 0 Å². The molecule has 0 amide bonds. The van der Waals surface area contributed by atoms with Crippen molar-refractivity contribution in [2.24, 2.45) is 22.7 Å². The minimum atomic E-state index is 0.0341. The SMILES string of the molecule is C=C[C@@]1(CCO)C[C@H]2[C@@H](CC=C(C)[C@@H]2OC)C1(C)C. The van der Waals surface area contributed by atoms with Gasteiger partial charge in [-0.25, -0.2) is 0 Å². The highest BCUT2D eigenvalue weighted by Crippen LogP contribution is 2.64. The van der Waals surface area contributed by atoms with Gasteiger partial charge in [0, 0.05) is 13.7 Å². The Morgan fingerprint density at radius 2 is 2.21 bits per heavy atom. The van der Waals surface area contributed by atoms with Gasteiger partial charge in [0.2, 0.25) is 0 Å². The first-order valence-electron chi connectivity index (χ1n) is 7.37. The van der Waals surface area contributed by atoms with E-state index in [9.17, 15) is 5.11 Å². The third-order valence-corrected chi connectivity index (χ3v) is 6.06. The van der Waals surface area contributed by atoms with Crippen LogP contribution in [-0.4, -0.2) is 24.9 Å². The number of rotatable bonds is 4. The van der Waals surface area contributed by atoms with Gasteiger partial charge in [-0.2, -0.15) is 0 Å². The van der Waals surface area contributed by atoms with Crippen molar-refractivity contribution in [3.05, 3.63) is 24.3 Å². The number of ether oxygens (including phenoxy) is 1. The summed E-state index contributed by atoms with van der Waals surface area (Å²) in [6.07, 6.45) is 7.70. The van der Waals surface area contributed by atoms with Crippen LogP contribution in [0.2, 0.25) is 0 Å². The first-order valence-corrected chi connectivity index (χ1v) is 7.37. The molecule has 2 heteroatoms. The normalized spacial score (nSPS) is 40.7. The lowest BCUT2D eigenvalue weighted by atomic mass is 9.62. The summed E-state index contributed by atoms with van der Waals surface area (Å²) in [6.45, 7) is 11.2. The Bertz CT molecular complexity index is 383. The molecule has 2 aliphatic rings. The summed E-state index contributed by atoms with van der Waals surface area (Å²) < 4.78 is 5.76. The number of aliphatic hydroxyl groups is 1. The zero-order valence-electron chi connectivity index (χ0n) is 12.8. The Kier molecular flexibility index (Phi) is 3.95.